The molecular weight excluding hydrogens is 240 g/mol. The van der Waals surface area contributed by atoms with Crippen LogP contribution in [0.3, 0.4) is 0 Å². The van der Waals surface area contributed by atoms with E-state index in [4.69, 9.17) is 11.6 Å². The van der Waals surface area contributed by atoms with Crippen molar-refractivity contribution in [1.29, 1.82) is 0 Å². The maximum atomic E-state index is 13.1. The lowest BCUT2D eigenvalue weighted by Crippen LogP contribution is -2.00. The molecule has 0 amide bonds. The van der Waals surface area contributed by atoms with Gasteiger partial charge >= 0.3 is 5.51 Å². The molecular formula is C8H5ClF4S. The van der Waals surface area contributed by atoms with Gasteiger partial charge < -0.3 is 0 Å². The molecule has 0 saturated carbocycles. The average Bonchev–Trinajstić information content (AvgIpc) is 2.04. The average molecular weight is 245 g/mol. The Bertz CT molecular complexity index is 348. The van der Waals surface area contributed by atoms with Crippen molar-refractivity contribution in [2.75, 3.05) is 0 Å². The SMILES string of the molecule is Cc1ccc(SC(F)(F)F)c(Cl)c1F. The van der Waals surface area contributed by atoms with Gasteiger partial charge in [0.1, 0.15) is 5.82 Å². The number of hydrogen-bond donors (Lipinski definition) is 0. The number of benzene rings is 1. The second-order valence-corrected chi connectivity index (χ2v) is 4.04. The molecule has 0 aliphatic carbocycles. The highest BCUT2D eigenvalue weighted by molar-refractivity contribution is 8.00. The van der Waals surface area contributed by atoms with Gasteiger partial charge in [-0.15, -0.1) is 0 Å². The third-order valence-corrected chi connectivity index (χ3v) is 2.74. The Labute approximate surface area is 87.2 Å². The van der Waals surface area contributed by atoms with Gasteiger partial charge in [-0.25, -0.2) is 4.39 Å². The zero-order valence-corrected chi connectivity index (χ0v) is 8.53. The van der Waals surface area contributed by atoms with Gasteiger partial charge in [-0.3, -0.25) is 0 Å². The van der Waals surface area contributed by atoms with Crippen molar-refractivity contribution >= 4 is 23.4 Å². The van der Waals surface area contributed by atoms with Crippen LogP contribution in [0.2, 0.25) is 5.02 Å². The van der Waals surface area contributed by atoms with Crippen LogP contribution >= 0.6 is 23.4 Å². The fourth-order valence-corrected chi connectivity index (χ4v) is 1.72. The van der Waals surface area contributed by atoms with E-state index in [1.54, 1.807) is 0 Å². The summed E-state index contributed by atoms with van der Waals surface area (Å²) >= 11 is 4.99. The van der Waals surface area contributed by atoms with E-state index in [1.807, 2.05) is 0 Å². The van der Waals surface area contributed by atoms with Gasteiger partial charge in [0.2, 0.25) is 0 Å². The van der Waals surface area contributed by atoms with Crippen LogP contribution < -0.4 is 0 Å². The first kappa shape index (κ1) is 11.7. The predicted molar refractivity (Wildman–Crippen MR) is 48.1 cm³/mol. The predicted octanol–water partition coefficient (Wildman–Crippen LogP) is 4.40. The number of rotatable bonds is 1. The largest absolute Gasteiger partial charge is 0.446 e. The van der Waals surface area contributed by atoms with E-state index in [0.29, 0.717) is 0 Å². The molecule has 0 saturated heterocycles. The molecule has 0 aliphatic heterocycles. The molecule has 1 aromatic carbocycles. The Morgan fingerprint density at radius 2 is 1.86 bits per heavy atom. The lowest BCUT2D eigenvalue weighted by Gasteiger charge is -2.08. The third kappa shape index (κ3) is 2.78. The third-order valence-electron chi connectivity index (χ3n) is 1.47. The van der Waals surface area contributed by atoms with Crippen LogP contribution in [0.1, 0.15) is 5.56 Å². The van der Waals surface area contributed by atoms with E-state index < -0.39 is 28.1 Å². The first-order chi connectivity index (χ1) is 6.31. The first-order valence-electron chi connectivity index (χ1n) is 3.51. The standard InChI is InChI=1S/C8H5ClF4S/c1-4-2-3-5(6(9)7(4)10)14-8(11,12)13/h2-3H,1H3. The van der Waals surface area contributed by atoms with Crippen molar-refractivity contribution in [3.63, 3.8) is 0 Å². The number of aryl methyl sites for hydroxylation is 1. The van der Waals surface area contributed by atoms with Crippen molar-refractivity contribution in [2.24, 2.45) is 0 Å². The second kappa shape index (κ2) is 3.98. The Balaban J connectivity index is 3.06. The molecule has 0 nitrogen and oxygen atoms in total. The van der Waals surface area contributed by atoms with Gasteiger partial charge in [-0.05, 0) is 30.3 Å². The summed E-state index contributed by atoms with van der Waals surface area (Å²) in [5.41, 5.74) is -4.23. The van der Waals surface area contributed by atoms with Crippen LogP contribution in [0.4, 0.5) is 17.6 Å². The molecule has 78 valence electrons. The Hall–Kier alpha value is -0.420. The van der Waals surface area contributed by atoms with Crippen molar-refractivity contribution < 1.29 is 17.6 Å². The summed E-state index contributed by atoms with van der Waals surface area (Å²) in [6.07, 6.45) is 0. The van der Waals surface area contributed by atoms with Crippen LogP contribution in [-0.4, -0.2) is 5.51 Å². The highest BCUT2D eigenvalue weighted by Crippen LogP contribution is 2.41. The Morgan fingerprint density at radius 3 is 2.36 bits per heavy atom. The summed E-state index contributed by atoms with van der Waals surface area (Å²) in [6.45, 7) is 1.43. The zero-order chi connectivity index (χ0) is 10.9. The molecule has 6 heteroatoms. The van der Waals surface area contributed by atoms with Crippen LogP contribution in [0, 0.1) is 12.7 Å². The van der Waals surface area contributed by atoms with Gasteiger partial charge in [0.25, 0.3) is 0 Å². The fourth-order valence-electron chi connectivity index (χ4n) is 0.832. The van der Waals surface area contributed by atoms with Gasteiger partial charge in [0.05, 0.1) is 5.02 Å². The topological polar surface area (TPSA) is 0 Å². The number of alkyl halides is 3. The van der Waals surface area contributed by atoms with E-state index >= 15 is 0 Å². The van der Waals surface area contributed by atoms with E-state index in [1.165, 1.54) is 13.0 Å². The minimum atomic E-state index is -4.45. The second-order valence-electron chi connectivity index (χ2n) is 2.56. The minimum absolute atomic E-state index is 0.224. The quantitative estimate of drug-likeness (QED) is 0.521. The molecule has 0 fully saturated rings. The van der Waals surface area contributed by atoms with E-state index in [0.717, 1.165) is 6.07 Å². The summed E-state index contributed by atoms with van der Waals surface area (Å²) in [4.78, 5) is -0.317. The highest BCUT2D eigenvalue weighted by Gasteiger charge is 2.31. The van der Waals surface area contributed by atoms with Crippen LogP contribution in [-0.2, 0) is 0 Å². The highest BCUT2D eigenvalue weighted by atomic mass is 35.5. The van der Waals surface area contributed by atoms with E-state index in [-0.39, 0.29) is 10.5 Å². The first-order valence-corrected chi connectivity index (χ1v) is 4.71. The number of thioether (sulfide) groups is 1. The Morgan fingerprint density at radius 1 is 1.29 bits per heavy atom. The van der Waals surface area contributed by atoms with Gasteiger partial charge in [-0.2, -0.15) is 13.2 Å². The smallest absolute Gasteiger partial charge is 0.205 e. The molecule has 0 radical (unpaired) electrons. The van der Waals surface area contributed by atoms with Crippen LogP contribution in [0.25, 0.3) is 0 Å². The van der Waals surface area contributed by atoms with Crippen molar-refractivity contribution in [3.05, 3.63) is 28.5 Å². The number of hydrogen-bond acceptors (Lipinski definition) is 1. The van der Waals surface area contributed by atoms with Crippen LogP contribution in [0.15, 0.2) is 17.0 Å². The molecule has 0 unspecified atom stereocenters. The molecule has 0 spiro atoms. The summed E-state index contributed by atoms with van der Waals surface area (Å²) < 4.78 is 48.9. The van der Waals surface area contributed by atoms with Gasteiger partial charge in [-0.1, -0.05) is 17.7 Å². The molecule has 0 N–H and O–H groups in total. The number of halogens is 5. The molecule has 0 atom stereocenters. The van der Waals surface area contributed by atoms with Gasteiger partial charge in [0.15, 0.2) is 0 Å². The lowest BCUT2D eigenvalue weighted by molar-refractivity contribution is -0.0328. The van der Waals surface area contributed by atoms with Crippen molar-refractivity contribution in [3.8, 4) is 0 Å². The lowest BCUT2D eigenvalue weighted by atomic mass is 10.2. The Kier molecular flexibility index (Phi) is 3.32. The zero-order valence-electron chi connectivity index (χ0n) is 6.95. The molecule has 1 rings (SSSR count). The minimum Gasteiger partial charge on any atom is -0.205 e. The molecule has 0 heterocycles. The summed E-state index contributed by atoms with van der Waals surface area (Å²) in [5, 5.41) is -0.479. The fraction of sp³-hybridized carbons (Fsp3) is 0.250. The van der Waals surface area contributed by atoms with E-state index in [2.05, 4.69) is 0 Å². The molecule has 0 bridgehead atoms. The molecule has 14 heavy (non-hydrogen) atoms. The van der Waals surface area contributed by atoms with Crippen molar-refractivity contribution in [2.45, 2.75) is 17.3 Å². The van der Waals surface area contributed by atoms with E-state index in [9.17, 15) is 17.6 Å². The maximum absolute atomic E-state index is 13.1. The maximum Gasteiger partial charge on any atom is 0.446 e. The molecule has 0 aromatic heterocycles. The summed E-state index contributed by atoms with van der Waals surface area (Å²) in [6, 6.07) is 2.41. The summed E-state index contributed by atoms with van der Waals surface area (Å²) in [7, 11) is 0. The van der Waals surface area contributed by atoms with Crippen LogP contribution in [0.5, 0.6) is 0 Å². The normalized spacial score (nSPS) is 11.9. The van der Waals surface area contributed by atoms with Crippen molar-refractivity contribution in [1.82, 2.24) is 0 Å². The molecule has 0 aliphatic rings. The molecule has 1 aromatic rings. The summed E-state index contributed by atoms with van der Waals surface area (Å²) in [5.74, 6) is -0.805. The van der Waals surface area contributed by atoms with Gasteiger partial charge in [0, 0.05) is 4.90 Å². The monoisotopic (exact) mass is 244 g/mol.